The topological polar surface area (TPSA) is 95.1 Å². The fourth-order valence-electron chi connectivity index (χ4n) is 1.31. The number of aromatic nitrogens is 2. The number of aliphatic carboxylic acids is 1. The molecule has 0 radical (unpaired) electrons. The quantitative estimate of drug-likeness (QED) is 0.666. The number of carboxylic acids is 1. The standard InChI is InChI=1S/C10H15N3O3/c1-7(3-2-4-9(14)15)13-10(16)8-5-11-6-12-8/h5-7H,2-4H2,1H3,(H,11,12)(H,13,16)(H,14,15). The normalized spacial score (nSPS) is 12.1. The van der Waals surface area contributed by atoms with E-state index < -0.39 is 5.97 Å². The molecule has 0 saturated carbocycles. The number of carboxylic acid groups (broad SMARTS) is 1. The Kier molecular flexibility index (Phi) is 4.50. The maximum absolute atomic E-state index is 11.5. The minimum atomic E-state index is -0.813. The Morgan fingerprint density at radius 3 is 2.94 bits per heavy atom. The molecule has 0 aliphatic heterocycles. The fraction of sp³-hybridized carbons (Fsp3) is 0.500. The van der Waals surface area contributed by atoms with Crippen molar-refractivity contribution in [3.8, 4) is 0 Å². The number of hydrogen-bond acceptors (Lipinski definition) is 3. The molecule has 1 atom stereocenters. The van der Waals surface area contributed by atoms with Crippen LogP contribution >= 0.6 is 0 Å². The summed E-state index contributed by atoms with van der Waals surface area (Å²) >= 11 is 0. The number of aromatic amines is 1. The second-order valence-electron chi connectivity index (χ2n) is 3.63. The van der Waals surface area contributed by atoms with Gasteiger partial charge in [0.1, 0.15) is 5.69 Å². The maximum atomic E-state index is 11.5. The van der Waals surface area contributed by atoms with E-state index in [9.17, 15) is 9.59 Å². The molecule has 0 fully saturated rings. The van der Waals surface area contributed by atoms with E-state index in [1.165, 1.54) is 12.5 Å². The fourth-order valence-corrected chi connectivity index (χ4v) is 1.31. The molecule has 88 valence electrons. The number of nitrogens with one attached hydrogen (secondary N) is 2. The van der Waals surface area contributed by atoms with Crippen molar-refractivity contribution in [3.63, 3.8) is 0 Å². The largest absolute Gasteiger partial charge is 0.481 e. The smallest absolute Gasteiger partial charge is 0.303 e. The van der Waals surface area contributed by atoms with Gasteiger partial charge in [0.2, 0.25) is 0 Å². The van der Waals surface area contributed by atoms with Crippen LogP contribution in [0.5, 0.6) is 0 Å². The Labute approximate surface area is 93.1 Å². The van der Waals surface area contributed by atoms with Gasteiger partial charge < -0.3 is 15.4 Å². The molecule has 0 aliphatic rings. The number of hydrogen-bond donors (Lipinski definition) is 3. The van der Waals surface area contributed by atoms with Gasteiger partial charge in [-0.25, -0.2) is 4.98 Å². The highest BCUT2D eigenvalue weighted by Crippen LogP contribution is 2.01. The summed E-state index contributed by atoms with van der Waals surface area (Å²) in [6.07, 6.45) is 4.21. The van der Waals surface area contributed by atoms with Crippen LogP contribution in [0.25, 0.3) is 0 Å². The molecule has 1 aromatic rings. The first kappa shape index (κ1) is 12.2. The summed E-state index contributed by atoms with van der Waals surface area (Å²) in [5, 5.41) is 11.2. The highest BCUT2D eigenvalue weighted by Gasteiger charge is 2.10. The van der Waals surface area contributed by atoms with Crippen LogP contribution in [0.4, 0.5) is 0 Å². The van der Waals surface area contributed by atoms with Crippen LogP contribution in [-0.4, -0.2) is 33.0 Å². The molecule has 0 bridgehead atoms. The maximum Gasteiger partial charge on any atom is 0.303 e. The monoisotopic (exact) mass is 225 g/mol. The van der Waals surface area contributed by atoms with E-state index in [1.807, 2.05) is 6.92 Å². The van der Waals surface area contributed by atoms with Crippen molar-refractivity contribution in [1.29, 1.82) is 0 Å². The number of carbonyl (C=O) groups is 2. The third-order valence-electron chi connectivity index (χ3n) is 2.15. The zero-order valence-electron chi connectivity index (χ0n) is 9.06. The van der Waals surface area contributed by atoms with Crippen molar-refractivity contribution in [2.24, 2.45) is 0 Å². The molecular weight excluding hydrogens is 210 g/mol. The van der Waals surface area contributed by atoms with Crippen molar-refractivity contribution in [2.75, 3.05) is 0 Å². The Bertz CT molecular complexity index is 348. The van der Waals surface area contributed by atoms with Gasteiger partial charge in [-0.05, 0) is 19.8 Å². The first-order chi connectivity index (χ1) is 7.59. The molecule has 0 saturated heterocycles. The number of imidazole rings is 1. The van der Waals surface area contributed by atoms with Gasteiger partial charge in [0, 0.05) is 12.5 Å². The Morgan fingerprint density at radius 1 is 1.62 bits per heavy atom. The summed E-state index contributed by atoms with van der Waals surface area (Å²) in [5.41, 5.74) is 0.407. The third kappa shape index (κ3) is 4.12. The van der Waals surface area contributed by atoms with E-state index >= 15 is 0 Å². The lowest BCUT2D eigenvalue weighted by atomic mass is 10.1. The summed E-state index contributed by atoms with van der Waals surface area (Å²) < 4.78 is 0. The molecule has 1 aromatic heterocycles. The van der Waals surface area contributed by atoms with Gasteiger partial charge in [-0.2, -0.15) is 0 Å². The molecule has 0 aromatic carbocycles. The third-order valence-corrected chi connectivity index (χ3v) is 2.15. The molecular formula is C10H15N3O3. The lowest BCUT2D eigenvalue weighted by Gasteiger charge is -2.12. The van der Waals surface area contributed by atoms with E-state index in [0.717, 1.165) is 0 Å². The molecule has 1 rings (SSSR count). The highest BCUT2D eigenvalue weighted by atomic mass is 16.4. The first-order valence-corrected chi connectivity index (χ1v) is 5.10. The van der Waals surface area contributed by atoms with Crippen LogP contribution in [0.3, 0.4) is 0 Å². The Hall–Kier alpha value is -1.85. The van der Waals surface area contributed by atoms with E-state index in [0.29, 0.717) is 18.5 Å². The summed E-state index contributed by atoms with van der Waals surface area (Å²) in [5.74, 6) is -1.03. The average molecular weight is 225 g/mol. The second kappa shape index (κ2) is 5.89. The Balaban J connectivity index is 2.26. The van der Waals surface area contributed by atoms with E-state index in [-0.39, 0.29) is 18.4 Å². The summed E-state index contributed by atoms with van der Waals surface area (Å²) in [6.45, 7) is 1.84. The zero-order valence-corrected chi connectivity index (χ0v) is 9.06. The SMILES string of the molecule is CC(CCCC(=O)O)NC(=O)c1cnc[nH]1. The molecule has 3 N–H and O–H groups in total. The molecule has 1 amide bonds. The van der Waals surface area contributed by atoms with Crippen LogP contribution in [0.2, 0.25) is 0 Å². The van der Waals surface area contributed by atoms with E-state index in [4.69, 9.17) is 5.11 Å². The average Bonchev–Trinajstić information content (AvgIpc) is 2.69. The van der Waals surface area contributed by atoms with Gasteiger partial charge >= 0.3 is 5.97 Å². The number of rotatable bonds is 6. The lowest BCUT2D eigenvalue weighted by molar-refractivity contribution is -0.137. The summed E-state index contributed by atoms with van der Waals surface area (Å²) in [4.78, 5) is 28.2. The predicted octanol–water partition coefficient (Wildman–Crippen LogP) is 0.783. The number of H-pyrrole nitrogens is 1. The van der Waals surface area contributed by atoms with Gasteiger partial charge in [0.05, 0.1) is 12.5 Å². The van der Waals surface area contributed by atoms with Crippen molar-refractivity contribution < 1.29 is 14.7 Å². The molecule has 6 heteroatoms. The highest BCUT2D eigenvalue weighted by molar-refractivity contribution is 5.92. The zero-order chi connectivity index (χ0) is 12.0. The van der Waals surface area contributed by atoms with Gasteiger partial charge in [-0.15, -0.1) is 0 Å². The van der Waals surface area contributed by atoms with Crippen LogP contribution < -0.4 is 5.32 Å². The lowest BCUT2D eigenvalue weighted by Crippen LogP contribution is -2.32. The number of amides is 1. The molecule has 1 heterocycles. The minimum Gasteiger partial charge on any atom is -0.481 e. The van der Waals surface area contributed by atoms with Gasteiger partial charge in [0.15, 0.2) is 0 Å². The number of nitrogens with zero attached hydrogens (tertiary/aromatic N) is 1. The summed E-state index contributed by atoms with van der Waals surface area (Å²) in [7, 11) is 0. The van der Waals surface area contributed by atoms with Crippen LogP contribution in [-0.2, 0) is 4.79 Å². The summed E-state index contributed by atoms with van der Waals surface area (Å²) in [6, 6.07) is -0.0462. The van der Waals surface area contributed by atoms with Crippen LogP contribution in [0.15, 0.2) is 12.5 Å². The van der Waals surface area contributed by atoms with Crippen molar-refractivity contribution in [3.05, 3.63) is 18.2 Å². The van der Waals surface area contributed by atoms with Crippen molar-refractivity contribution in [2.45, 2.75) is 32.2 Å². The second-order valence-corrected chi connectivity index (χ2v) is 3.63. The molecule has 1 unspecified atom stereocenters. The predicted molar refractivity (Wildman–Crippen MR) is 57.0 cm³/mol. The van der Waals surface area contributed by atoms with Crippen LogP contribution in [0, 0.1) is 0 Å². The van der Waals surface area contributed by atoms with Gasteiger partial charge in [-0.1, -0.05) is 0 Å². The van der Waals surface area contributed by atoms with Crippen molar-refractivity contribution in [1.82, 2.24) is 15.3 Å². The van der Waals surface area contributed by atoms with Gasteiger partial charge in [0.25, 0.3) is 5.91 Å². The number of carbonyl (C=O) groups excluding carboxylic acids is 1. The minimum absolute atomic E-state index is 0.0462. The van der Waals surface area contributed by atoms with Crippen molar-refractivity contribution >= 4 is 11.9 Å². The molecule has 6 nitrogen and oxygen atoms in total. The van der Waals surface area contributed by atoms with Gasteiger partial charge in [-0.3, -0.25) is 9.59 Å². The van der Waals surface area contributed by atoms with E-state index in [1.54, 1.807) is 0 Å². The molecule has 16 heavy (non-hydrogen) atoms. The molecule has 0 aliphatic carbocycles. The van der Waals surface area contributed by atoms with Crippen LogP contribution in [0.1, 0.15) is 36.7 Å². The Morgan fingerprint density at radius 2 is 2.38 bits per heavy atom. The first-order valence-electron chi connectivity index (χ1n) is 5.10. The van der Waals surface area contributed by atoms with E-state index in [2.05, 4.69) is 15.3 Å². The molecule has 0 spiro atoms.